The zero-order chi connectivity index (χ0) is 56.4. The number of allylic oxidation sites excluding steroid dienone is 4. The summed E-state index contributed by atoms with van der Waals surface area (Å²) in [6.07, 6.45) is 82.3. The molecule has 0 aromatic rings. The summed E-state index contributed by atoms with van der Waals surface area (Å²) in [6.45, 7) is 6.69. The highest BCUT2D eigenvalue weighted by atomic mass is 16.6. The van der Waals surface area contributed by atoms with Gasteiger partial charge in [0, 0.05) is 19.3 Å². The van der Waals surface area contributed by atoms with E-state index < -0.39 is 6.10 Å². The Bertz CT molecular complexity index is 1260. The Morgan fingerprint density at radius 2 is 0.423 bits per heavy atom. The first-order valence-electron chi connectivity index (χ1n) is 35.3. The fraction of sp³-hybridized carbons (Fsp3) is 0.903. The maximum Gasteiger partial charge on any atom is 0.306 e. The van der Waals surface area contributed by atoms with Gasteiger partial charge in [-0.15, -0.1) is 0 Å². The van der Waals surface area contributed by atoms with E-state index in [2.05, 4.69) is 45.1 Å². The molecule has 6 heteroatoms. The van der Waals surface area contributed by atoms with Gasteiger partial charge in [-0.25, -0.2) is 0 Å². The van der Waals surface area contributed by atoms with E-state index in [4.69, 9.17) is 14.2 Å². The first-order chi connectivity index (χ1) is 38.5. The number of esters is 3. The Hall–Kier alpha value is -2.11. The second-order valence-electron chi connectivity index (χ2n) is 24.1. The molecule has 0 N–H and O–H groups in total. The fourth-order valence-corrected chi connectivity index (χ4v) is 10.8. The van der Waals surface area contributed by atoms with Crippen LogP contribution in [-0.2, 0) is 28.6 Å². The summed E-state index contributed by atoms with van der Waals surface area (Å²) < 4.78 is 16.9. The van der Waals surface area contributed by atoms with Gasteiger partial charge in [0.25, 0.3) is 0 Å². The van der Waals surface area contributed by atoms with Crippen LogP contribution >= 0.6 is 0 Å². The summed E-state index contributed by atoms with van der Waals surface area (Å²) in [5.41, 5.74) is 0. The molecule has 1 atom stereocenters. The van der Waals surface area contributed by atoms with E-state index in [-0.39, 0.29) is 31.1 Å². The molecule has 78 heavy (non-hydrogen) atoms. The minimum absolute atomic E-state index is 0.0674. The van der Waals surface area contributed by atoms with Gasteiger partial charge in [0.15, 0.2) is 6.10 Å². The summed E-state index contributed by atoms with van der Waals surface area (Å²) in [6, 6.07) is 0. The van der Waals surface area contributed by atoms with Gasteiger partial charge in [-0.3, -0.25) is 14.4 Å². The van der Waals surface area contributed by atoms with Crippen molar-refractivity contribution in [2.75, 3.05) is 13.2 Å². The van der Waals surface area contributed by atoms with E-state index in [1.165, 1.54) is 295 Å². The van der Waals surface area contributed by atoms with E-state index in [1.807, 2.05) is 0 Å². The molecule has 0 aromatic heterocycles. The molecule has 0 aromatic carbocycles. The monoisotopic (exact) mass is 1100 g/mol. The van der Waals surface area contributed by atoms with Crippen molar-refractivity contribution in [2.45, 2.75) is 406 Å². The number of carbonyl (C=O) groups is 3. The molecule has 0 fully saturated rings. The highest BCUT2D eigenvalue weighted by Gasteiger charge is 2.19. The summed E-state index contributed by atoms with van der Waals surface area (Å²) in [4.78, 5) is 38.3. The minimum atomic E-state index is -0.770. The van der Waals surface area contributed by atoms with Crippen LogP contribution in [0.1, 0.15) is 400 Å². The number of ether oxygens (including phenoxy) is 3. The molecular weight excluding hydrogens is 961 g/mol. The minimum Gasteiger partial charge on any atom is -0.462 e. The lowest BCUT2D eigenvalue weighted by Crippen LogP contribution is -2.30. The van der Waals surface area contributed by atoms with E-state index >= 15 is 0 Å². The van der Waals surface area contributed by atoms with Crippen LogP contribution in [0.15, 0.2) is 24.3 Å². The molecule has 6 nitrogen and oxygen atoms in total. The summed E-state index contributed by atoms with van der Waals surface area (Å²) in [7, 11) is 0. The number of rotatable bonds is 66. The quantitative estimate of drug-likeness (QED) is 0.0261. The van der Waals surface area contributed by atoms with Gasteiger partial charge in [-0.2, -0.15) is 0 Å². The highest BCUT2D eigenvalue weighted by Crippen LogP contribution is 2.19. The number of hydrogen-bond acceptors (Lipinski definition) is 6. The lowest BCUT2D eigenvalue weighted by atomic mass is 10.0. The average molecular weight is 1100 g/mol. The number of unbranched alkanes of at least 4 members (excludes halogenated alkanes) is 51. The maximum atomic E-state index is 12.9. The second kappa shape index (κ2) is 67.4. The molecule has 0 aliphatic carbocycles. The van der Waals surface area contributed by atoms with Crippen molar-refractivity contribution in [1.29, 1.82) is 0 Å². The Labute approximate surface area is 487 Å². The van der Waals surface area contributed by atoms with Crippen LogP contribution in [0.2, 0.25) is 0 Å². The van der Waals surface area contributed by atoms with Gasteiger partial charge in [0.05, 0.1) is 0 Å². The zero-order valence-electron chi connectivity index (χ0n) is 53.0. The van der Waals surface area contributed by atoms with Crippen molar-refractivity contribution in [1.82, 2.24) is 0 Å². The number of carbonyl (C=O) groups excluding carboxylic acids is 3. The zero-order valence-corrected chi connectivity index (χ0v) is 53.0. The first-order valence-corrected chi connectivity index (χ1v) is 35.3. The third-order valence-corrected chi connectivity index (χ3v) is 16.2. The van der Waals surface area contributed by atoms with Crippen LogP contribution in [0, 0.1) is 0 Å². The van der Waals surface area contributed by atoms with Crippen LogP contribution in [0.3, 0.4) is 0 Å². The highest BCUT2D eigenvalue weighted by molar-refractivity contribution is 5.71. The Morgan fingerprint density at radius 3 is 0.654 bits per heavy atom. The normalized spacial score (nSPS) is 12.1. The second-order valence-corrected chi connectivity index (χ2v) is 24.1. The Balaban J connectivity index is 4.05. The van der Waals surface area contributed by atoms with Gasteiger partial charge >= 0.3 is 17.9 Å². The van der Waals surface area contributed by atoms with Crippen LogP contribution < -0.4 is 0 Å². The molecule has 460 valence electrons. The molecule has 0 heterocycles. The van der Waals surface area contributed by atoms with Gasteiger partial charge in [-0.1, -0.05) is 334 Å². The predicted octanol–water partition coefficient (Wildman–Crippen LogP) is 24.2. The lowest BCUT2D eigenvalue weighted by Gasteiger charge is -2.18. The molecule has 0 amide bonds. The first kappa shape index (κ1) is 75.9. The molecule has 0 saturated carbocycles. The van der Waals surface area contributed by atoms with Gasteiger partial charge in [0.1, 0.15) is 13.2 Å². The van der Waals surface area contributed by atoms with Gasteiger partial charge < -0.3 is 14.2 Å². The maximum absolute atomic E-state index is 12.9. The largest absolute Gasteiger partial charge is 0.462 e. The van der Waals surface area contributed by atoms with Gasteiger partial charge in [-0.05, 0) is 70.6 Å². The van der Waals surface area contributed by atoms with E-state index in [9.17, 15) is 14.4 Å². The van der Waals surface area contributed by atoms with Crippen molar-refractivity contribution < 1.29 is 28.6 Å². The molecule has 0 radical (unpaired) electrons. The molecule has 0 aliphatic rings. The van der Waals surface area contributed by atoms with Crippen molar-refractivity contribution in [3.05, 3.63) is 24.3 Å². The molecule has 0 rings (SSSR count). The van der Waals surface area contributed by atoms with E-state index in [1.54, 1.807) is 0 Å². The Kier molecular flexibility index (Phi) is 65.6. The predicted molar refractivity (Wildman–Crippen MR) is 340 cm³/mol. The topological polar surface area (TPSA) is 78.9 Å². The molecule has 0 aliphatic heterocycles. The lowest BCUT2D eigenvalue weighted by molar-refractivity contribution is -0.167. The third-order valence-electron chi connectivity index (χ3n) is 16.2. The van der Waals surface area contributed by atoms with Crippen molar-refractivity contribution in [3.63, 3.8) is 0 Å². The van der Waals surface area contributed by atoms with Crippen molar-refractivity contribution in [3.8, 4) is 0 Å². The van der Waals surface area contributed by atoms with Crippen molar-refractivity contribution in [2.24, 2.45) is 0 Å². The standard InChI is InChI=1S/C72H136O6/c1-4-7-10-13-16-19-22-25-27-28-29-30-31-32-33-34-35-36-37-38-39-40-41-42-43-44-45-48-50-53-56-59-62-65-71(74)77-68-69(67-76-70(73)64-61-58-55-52-49-46-24-21-18-15-12-9-6-3)78-72(75)66-63-60-57-54-51-47-26-23-20-17-14-11-8-5-2/h21,24,28-29,69H,4-20,22-23,25-27,30-68H2,1-3H3/b24-21-,29-28-. The average Bonchev–Trinajstić information content (AvgIpc) is 3.44. The third kappa shape index (κ3) is 64.7. The van der Waals surface area contributed by atoms with Crippen molar-refractivity contribution >= 4 is 17.9 Å². The fourth-order valence-electron chi connectivity index (χ4n) is 10.8. The summed E-state index contributed by atoms with van der Waals surface area (Å²) in [5, 5.41) is 0. The smallest absolute Gasteiger partial charge is 0.306 e. The molecule has 0 saturated heterocycles. The number of hydrogen-bond donors (Lipinski definition) is 0. The van der Waals surface area contributed by atoms with Crippen LogP contribution in [0.25, 0.3) is 0 Å². The van der Waals surface area contributed by atoms with Crippen LogP contribution in [0.5, 0.6) is 0 Å². The molecule has 0 spiro atoms. The molecular formula is C72H136O6. The summed E-state index contributed by atoms with van der Waals surface area (Å²) >= 11 is 0. The van der Waals surface area contributed by atoms with Crippen LogP contribution in [0.4, 0.5) is 0 Å². The Morgan fingerprint density at radius 1 is 0.244 bits per heavy atom. The summed E-state index contributed by atoms with van der Waals surface area (Å²) in [5.74, 6) is -0.848. The molecule has 0 bridgehead atoms. The van der Waals surface area contributed by atoms with E-state index in [0.29, 0.717) is 19.3 Å². The SMILES string of the molecule is CCCCCC/C=C\CCCCCCCC(=O)OCC(COC(=O)CCCCCCCCCCCCCCCCCCCCCCC/C=C\CCCCCCCCCC)OC(=O)CCCCCCCCCCCCCCCC. The van der Waals surface area contributed by atoms with Gasteiger partial charge in [0.2, 0.25) is 0 Å². The van der Waals surface area contributed by atoms with Crippen LogP contribution in [-0.4, -0.2) is 37.2 Å². The molecule has 1 unspecified atom stereocenters. The van der Waals surface area contributed by atoms with E-state index in [0.717, 1.165) is 64.2 Å².